The Kier molecular flexibility index (Phi) is 2.31. The van der Waals surface area contributed by atoms with E-state index in [0.717, 1.165) is 5.56 Å². The average molecular weight is 193 g/mol. The second-order valence-electron chi connectivity index (χ2n) is 3.96. The Morgan fingerprint density at radius 1 is 1.21 bits per heavy atom. The van der Waals surface area contributed by atoms with Crippen LogP contribution in [-0.4, -0.2) is 22.4 Å². The van der Waals surface area contributed by atoms with Gasteiger partial charge in [0.05, 0.1) is 11.6 Å². The van der Waals surface area contributed by atoms with Crippen LogP contribution in [0.3, 0.4) is 0 Å². The van der Waals surface area contributed by atoms with Crippen LogP contribution in [0.25, 0.3) is 0 Å². The molecule has 3 atom stereocenters. The Morgan fingerprint density at radius 2 is 1.86 bits per heavy atom. The first kappa shape index (κ1) is 9.65. The molecule has 3 nitrogen and oxygen atoms in total. The summed E-state index contributed by atoms with van der Waals surface area (Å²) < 4.78 is 0. The predicted molar refractivity (Wildman–Crippen MR) is 53.6 cm³/mol. The molecule has 1 aliphatic rings. The Hall–Kier alpha value is -0.900. The summed E-state index contributed by atoms with van der Waals surface area (Å²) in [5.41, 5.74) is 6.22. The lowest BCUT2D eigenvalue weighted by Crippen LogP contribution is -2.47. The molecule has 14 heavy (non-hydrogen) atoms. The van der Waals surface area contributed by atoms with E-state index in [2.05, 4.69) is 0 Å². The maximum atomic E-state index is 9.80. The molecular formula is C11H15NO2. The topological polar surface area (TPSA) is 66.5 Å². The van der Waals surface area contributed by atoms with E-state index in [1.54, 1.807) is 0 Å². The monoisotopic (exact) mass is 193 g/mol. The van der Waals surface area contributed by atoms with E-state index < -0.39 is 17.7 Å². The number of nitrogens with two attached hydrogens (primary N) is 1. The maximum Gasteiger partial charge on any atom is 0.102 e. The lowest BCUT2D eigenvalue weighted by atomic mass is 9.87. The zero-order valence-corrected chi connectivity index (χ0v) is 7.93. The van der Waals surface area contributed by atoms with Gasteiger partial charge in [0.1, 0.15) is 6.10 Å². The van der Waals surface area contributed by atoms with E-state index in [-0.39, 0.29) is 0 Å². The molecule has 0 unspecified atom stereocenters. The molecule has 0 amide bonds. The molecule has 2 rings (SSSR count). The van der Waals surface area contributed by atoms with Crippen LogP contribution >= 0.6 is 0 Å². The van der Waals surface area contributed by atoms with Crippen LogP contribution in [0.15, 0.2) is 30.3 Å². The van der Waals surface area contributed by atoms with Gasteiger partial charge in [0.15, 0.2) is 0 Å². The summed E-state index contributed by atoms with van der Waals surface area (Å²) in [7, 11) is 0. The molecule has 1 aliphatic carbocycles. The first-order chi connectivity index (χ1) is 6.64. The summed E-state index contributed by atoms with van der Waals surface area (Å²) in [5, 5.41) is 19.3. The summed E-state index contributed by atoms with van der Waals surface area (Å²) in [6, 6.07) is 9.47. The van der Waals surface area contributed by atoms with Gasteiger partial charge in [0.25, 0.3) is 0 Å². The van der Waals surface area contributed by atoms with E-state index in [0.29, 0.717) is 12.8 Å². The highest BCUT2D eigenvalue weighted by Gasteiger charge is 2.45. The van der Waals surface area contributed by atoms with E-state index in [1.807, 2.05) is 30.3 Å². The highest BCUT2D eigenvalue weighted by molar-refractivity contribution is 5.27. The molecule has 0 aromatic heterocycles. The predicted octanol–water partition coefficient (Wildman–Crippen LogP) is 0.356. The molecule has 3 heteroatoms. The molecule has 1 aromatic carbocycles. The largest absolute Gasteiger partial charge is 0.390 e. The number of aliphatic hydroxyl groups is 2. The molecule has 0 saturated heterocycles. The Bertz CT molecular complexity index is 314. The fourth-order valence-electron chi connectivity index (χ4n) is 2.10. The Balaban J connectivity index is 2.34. The van der Waals surface area contributed by atoms with Gasteiger partial charge in [-0.1, -0.05) is 30.3 Å². The van der Waals surface area contributed by atoms with Crippen molar-refractivity contribution >= 4 is 0 Å². The number of rotatable bonds is 1. The summed E-state index contributed by atoms with van der Waals surface area (Å²) >= 11 is 0. The molecule has 0 spiro atoms. The van der Waals surface area contributed by atoms with Gasteiger partial charge in [-0.3, -0.25) is 0 Å². The maximum absolute atomic E-state index is 9.80. The lowest BCUT2D eigenvalue weighted by molar-refractivity contribution is 0.00936. The smallest absolute Gasteiger partial charge is 0.102 e. The van der Waals surface area contributed by atoms with Crippen molar-refractivity contribution in [2.24, 2.45) is 5.73 Å². The quantitative estimate of drug-likeness (QED) is 0.603. The third kappa shape index (κ3) is 1.34. The van der Waals surface area contributed by atoms with Crippen LogP contribution in [0.4, 0.5) is 0 Å². The second-order valence-corrected chi connectivity index (χ2v) is 3.96. The van der Waals surface area contributed by atoms with Gasteiger partial charge in [-0.2, -0.15) is 0 Å². The first-order valence-electron chi connectivity index (χ1n) is 4.85. The van der Waals surface area contributed by atoms with E-state index in [4.69, 9.17) is 5.73 Å². The van der Waals surface area contributed by atoms with Crippen molar-refractivity contribution in [1.82, 2.24) is 0 Å². The summed E-state index contributed by atoms with van der Waals surface area (Å²) in [6.07, 6.45) is -0.364. The zero-order chi connectivity index (χ0) is 10.2. The molecular weight excluding hydrogens is 178 g/mol. The minimum Gasteiger partial charge on any atom is -0.390 e. The lowest BCUT2D eigenvalue weighted by Gasteiger charge is -2.29. The molecule has 0 heterocycles. The fraction of sp³-hybridized carbons (Fsp3) is 0.455. The van der Waals surface area contributed by atoms with Gasteiger partial charge in [-0.05, 0) is 18.4 Å². The molecule has 76 valence electrons. The van der Waals surface area contributed by atoms with Crippen molar-refractivity contribution in [3.63, 3.8) is 0 Å². The molecule has 0 bridgehead atoms. The summed E-state index contributed by atoms with van der Waals surface area (Å²) in [4.78, 5) is 0. The van der Waals surface area contributed by atoms with Crippen LogP contribution in [-0.2, 0) is 5.54 Å². The normalized spacial score (nSPS) is 37.4. The molecule has 0 radical (unpaired) electrons. The number of hydrogen-bond acceptors (Lipinski definition) is 3. The van der Waals surface area contributed by atoms with Gasteiger partial charge in [0, 0.05) is 0 Å². The molecule has 1 aromatic rings. The highest BCUT2D eigenvalue weighted by atomic mass is 16.3. The van der Waals surface area contributed by atoms with Crippen molar-refractivity contribution < 1.29 is 10.2 Å². The van der Waals surface area contributed by atoms with Crippen molar-refractivity contribution in [3.05, 3.63) is 35.9 Å². The molecule has 4 N–H and O–H groups in total. The SMILES string of the molecule is N[C@]1(c2ccccc2)CC[C@@H](O)[C@H]1O. The van der Waals surface area contributed by atoms with Gasteiger partial charge < -0.3 is 15.9 Å². The summed E-state index contributed by atoms with van der Waals surface area (Å²) in [6.45, 7) is 0. The van der Waals surface area contributed by atoms with Crippen LogP contribution in [0.1, 0.15) is 18.4 Å². The fourth-order valence-corrected chi connectivity index (χ4v) is 2.10. The molecule has 0 aliphatic heterocycles. The van der Waals surface area contributed by atoms with Crippen molar-refractivity contribution in [2.75, 3.05) is 0 Å². The minimum absolute atomic E-state index is 0.562. The van der Waals surface area contributed by atoms with Crippen molar-refractivity contribution in [3.8, 4) is 0 Å². The number of hydrogen-bond donors (Lipinski definition) is 3. The van der Waals surface area contributed by atoms with Crippen LogP contribution < -0.4 is 5.73 Å². The van der Waals surface area contributed by atoms with Crippen LogP contribution in [0.5, 0.6) is 0 Å². The highest BCUT2D eigenvalue weighted by Crippen LogP contribution is 2.36. The van der Waals surface area contributed by atoms with E-state index in [9.17, 15) is 10.2 Å². The van der Waals surface area contributed by atoms with Gasteiger partial charge in [-0.15, -0.1) is 0 Å². The first-order valence-corrected chi connectivity index (χ1v) is 4.85. The van der Waals surface area contributed by atoms with Gasteiger partial charge in [0.2, 0.25) is 0 Å². The second kappa shape index (κ2) is 3.35. The summed E-state index contributed by atoms with van der Waals surface area (Å²) in [5.74, 6) is 0. The van der Waals surface area contributed by atoms with E-state index in [1.165, 1.54) is 0 Å². The molecule has 1 saturated carbocycles. The number of benzene rings is 1. The number of aliphatic hydroxyl groups excluding tert-OH is 2. The third-order valence-electron chi connectivity index (χ3n) is 3.06. The Morgan fingerprint density at radius 3 is 2.36 bits per heavy atom. The zero-order valence-electron chi connectivity index (χ0n) is 7.93. The Labute approximate surface area is 83.2 Å². The van der Waals surface area contributed by atoms with E-state index >= 15 is 0 Å². The standard InChI is InChI=1S/C11H15NO2/c12-11(7-6-9(13)10(11)14)8-4-2-1-3-5-8/h1-5,9-10,13-14H,6-7,12H2/t9-,10-,11+/m1/s1. The van der Waals surface area contributed by atoms with Gasteiger partial charge >= 0.3 is 0 Å². The average Bonchev–Trinajstić information content (AvgIpc) is 2.49. The minimum atomic E-state index is -0.857. The van der Waals surface area contributed by atoms with Gasteiger partial charge in [-0.25, -0.2) is 0 Å². The van der Waals surface area contributed by atoms with Crippen molar-refractivity contribution in [2.45, 2.75) is 30.6 Å². The third-order valence-corrected chi connectivity index (χ3v) is 3.06. The van der Waals surface area contributed by atoms with Crippen LogP contribution in [0, 0.1) is 0 Å². The van der Waals surface area contributed by atoms with Crippen LogP contribution in [0.2, 0.25) is 0 Å². The van der Waals surface area contributed by atoms with Crippen molar-refractivity contribution in [1.29, 1.82) is 0 Å². The molecule has 1 fully saturated rings.